The van der Waals surface area contributed by atoms with Crippen LogP contribution < -0.4 is 14.5 Å². The molecule has 0 amide bonds. The number of ether oxygens (including phenoxy) is 1. The molecule has 5 rings (SSSR count). The molecule has 0 unspecified atom stereocenters. The van der Waals surface area contributed by atoms with E-state index in [4.69, 9.17) is 4.74 Å². The number of aromatic nitrogens is 4. The monoisotopic (exact) mass is 452 g/mol. The third-order valence-electron chi connectivity index (χ3n) is 7.39. The van der Waals surface area contributed by atoms with Gasteiger partial charge in [0.25, 0.3) is 0 Å². The summed E-state index contributed by atoms with van der Waals surface area (Å²) in [4.78, 5) is 3.21. The molecule has 1 saturated heterocycles. The van der Waals surface area contributed by atoms with Crippen molar-refractivity contribution >= 4 is 0 Å². The van der Waals surface area contributed by atoms with E-state index in [0.29, 0.717) is 6.54 Å². The Bertz CT molecular complexity index is 1020. The van der Waals surface area contributed by atoms with Crippen molar-refractivity contribution < 1.29 is 18.9 Å². The zero-order chi connectivity index (χ0) is 22.6. The number of methoxy groups -OCH3 is 1. The van der Waals surface area contributed by atoms with Crippen LogP contribution in [0.25, 0.3) is 0 Å². The highest BCUT2D eigenvalue weighted by Gasteiger charge is 2.38. The maximum atomic E-state index is 13.7. The Labute approximate surface area is 194 Å². The van der Waals surface area contributed by atoms with Gasteiger partial charge in [0, 0.05) is 5.56 Å². The summed E-state index contributed by atoms with van der Waals surface area (Å²) < 4.78 is 20.9. The number of benzene rings is 2. The molecule has 3 aromatic rings. The molecule has 1 atom stereocenters. The Morgan fingerprint density at radius 2 is 1.70 bits per heavy atom. The van der Waals surface area contributed by atoms with E-state index in [9.17, 15) is 4.39 Å². The van der Waals surface area contributed by atoms with Gasteiger partial charge in [-0.2, -0.15) is 0 Å². The molecule has 7 nitrogen and oxygen atoms in total. The molecule has 2 aliphatic rings. The minimum absolute atomic E-state index is 0.0241. The van der Waals surface area contributed by atoms with Gasteiger partial charge in [0.05, 0.1) is 19.7 Å². The van der Waals surface area contributed by atoms with Gasteiger partial charge in [-0.05, 0) is 78.1 Å². The second-order valence-corrected chi connectivity index (χ2v) is 9.33. The van der Waals surface area contributed by atoms with E-state index in [0.717, 1.165) is 54.9 Å². The van der Waals surface area contributed by atoms with Gasteiger partial charge in [0.2, 0.25) is 5.82 Å². The lowest BCUT2D eigenvalue weighted by atomic mass is 10.0. The van der Waals surface area contributed by atoms with Crippen LogP contribution in [0.3, 0.4) is 0 Å². The zero-order valence-corrected chi connectivity index (χ0v) is 19.2. The van der Waals surface area contributed by atoms with Crippen LogP contribution in [0.2, 0.25) is 0 Å². The fourth-order valence-electron chi connectivity index (χ4n) is 5.58. The summed E-state index contributed by atoms with van der Waals surface area (Å²) >= 11 is 0. The molecule has 0 radical (unpaired) electrons. The number of hydrogen-bond donors (Lipinski definition) is 2. The second-order valence-electron chi connectivity index (χ2n) is 9.33. The lowest BCUT2D eigenvalue weighted by molar-refractivity contribution is -1.03. The molecule has 0 bridgehead atoms. The lowest BCUT2D eigenvalue weighted by Crippen LogP contribution is -3.29. The van der Waals surface area contributed by atoms with Gasteiger partial charge in [-0.25, -0.2) is 9.07 Å². The molecule has 1 aliphatic carbocycles. The van der Waals surface area contributed by atoms with E-state index in [2.05, 4.69) is 15.5 Å². The molecule has 0 spiro atoms. The highest BCUT2D eigenvalue weighted by molar-refractivity contribution is 5.28. The zero-order valence-electron chi connectivity index (χ0n) is 19.2. The van der Waals surface area contributed by atoms with Gasteiger partial charge in [0.15, 0.2) is 6.04 Å². The van der Waals surface area contributed by atoms with Gasteiger partial charge in [-0.3, -0.25) is 0 Å². The number of tetrazole rings is 1. The third-order valence-corrected chi connectivity index (χ3v) is 7.39. The minimum Gasteiger partial charge on any atom is -0.497 e. The number of nitrogens with one attached hydrogen (secondary N) is 2. The smallest absolute Gasteiger partial charge is 0.214 e. The Morgan fingerprint density at radius 3 is 2.36 bits per heavy atom. The summed E-state index contributed by atoms with van der Waals surface area (Å²) in [5, 5.41) is 12.8. The van der Waals surface area contributed by atoms with Crippen molar-refractivity contribution in [1.82, 2.24) is 20.2 Å². The van der Waals surface area contributed by atoms with Crippen molar-refractivity contribution in [3.05, 3.63) is 71.3 Å². The molecule has 2 aromatic carbocycles. The molecular weight excluding hydrogens is 419 g/mol. The standard InChI is InChI=1S/C25H31FN6O/c1-33-23-12-6-19(7-13-23)18-32-25(27-28-29-32)24(20-8-10-21(26)11-9-20)31-16-14-30(15-17-31)22-4-2-3-5-22/h6-13,22,24H,2-5,14-18H2,1H3/p+2/t24-/m0/s1. The third kappa shape index (κ3) is 4.91. The molecule has 1 aliphatic heterocycles. The minimum atomic E-state index is -0.221. The molecule has 2 N–H and O–H groups in total. The van der Waals surface area contributed by atoms with Crippen molar-refractivity contribution in [2.75, 3.05) is 33.3 Å². The Hall–Kier alpha value is -2.84. The number of quaternary nitrogens is 2. The molecule has 8 heteroatoms. The predicted molar refractivity (Wildman–Crippen MR) is 122 cm³/mol. The maximum absolute atomic E-state index is 13.7. The molecule has 2 fully saturated rings. The number of nitrogens with zero attached hydrogens (tertiary/aromatic N) is 4. The van der Waals surface area contributed by atoms with Crippen LogP contribution in [-0.4, -0.2) is 59.5 Å². The fraction of sp³-hybridized carbons (Fsp3) is 0.480. The summed E-state index contributed by atoms with van der Waals surface area (Å²) in [6.07, 6.45) is 5.49. The van der Waals surface area contributed by atoms with E-state index in [-0.39, 0.29) is 11.9 Å². The summed E-state index contributed by atoms with van der Waals surface area (Å²) in [7, 11) is 1.67. The van der Waals surface area contributed by atoms with E-state index in [1.54, 1.807) is 24.1 Å². The van der Waals surface area contributed by atoms with Crippen molar-refractivity contribution in [2.24, 2.45) is 0 Å². The average molecular weight is 453 g/mol. The van der Waals surface area contributed by atoms with Crippen molar-refractivity contribution in [2.45, 2.75) is 44.3 Å². The van der Waals surface area contributed by atoms with E-state index < -0.39 is 0 Å². The van der Waals surface area contributed by atoms with Crippen molar-refractivity contribution in [1.29, 1.82) is 0 Å². The first-order valence-corrected chi connectivity index (χ1v) is 12.0. The molecule has 1 saturated carbocycles. The molecular formula is C25H33FN6O+2. The van der Waals surface area contributed by atoms with Gasteiger partial charge in [-0.1, -0.05) is 12.1 Å². The molecule has 2 heterocycles. The highest BCUT2D eigenvalue weighted by Crippen LogP contribution is 2.20. The Balaban J connectivity index is 1.39. The maximum Gasteiger partial charge on any atom is 0.214 e. The largest absolute Gasteiger partial charge is 0.497 e. The summed E-state index contributed by atoms with van der Waals surface area (Å²) in [6, 6.07) is 15.6. The Kier molecular flexibility index (Phi) is 6.64. The van der Waals surface area contributed by atoms with E-state index in [1.165, 1.54) is 30.6 Å². The van der Waals surface area contributed by atoms with Crippen LogP contribution in [-0.2, 0) is 6.54 Å². The van der Waals surface area contributed by atoms with Gasteiger partial charge >= 0.3 is 0 Å². The van der Waals surface area contributed by atoms with Crippen molar-refractivity contribution in [3.8, 4) is 5.75 Å². The van der Waals surface area contributed by atoms with Gasteiger partial charge < -0.3 is 14.5 Å². The number of halogens is 1. The normalized spacial score (nSPS) is 22.4. The topological polar surface area (TPSA) is 61.7 Å². The van der Waals surface area contributed by atoms with Crippen LogP contribution in [0.1, 0.15) is 48.7 Å². The first-order chi connectivity index (χ1) is 16.2. The summed E-state index contributed by atoms with van der Waals surface area (Å²) in [5.74, 6) is 1.43. The van der Waals surface area contributed by atoms with Crippen LogP contribution in [0.4, 0.5) is 4.39 Å². The van der Waals surface area contributed by atoms with Crippen LogP contribution in [0.15, 0.2) is 48.5 Å². The van der Waals surface area contributed by atoms with Crippen molar-refractivity contribution in [3.63, 3.8) is 0 Å². The number of rotatable bonds is 7. The average Bonchev–Trinajstić information content (AvgIpc) is 3.55. The SMILES string of the molecule is COc1ccc(Cn2nnnc2[C@H](c2ccc(F)cc2)[NH+]2CC[NH+](C3CCCC3)CC2)cc1. The lowest BCUT2D eigenvalue weighted by Gasteiger charge is -2.36. The van der Waals surface area contributed by atoms with Gasteiger partial charge in [-0.15, -0.1) is 5.10 Å². The van der Waals surface area contributed by atoms with Gasteiger partial charge in [0.1, 0.15) is 37.7 Å². The summed E-state index contributed by atoms with van der Waals surface area (Å²) in [6.45, 7) is 5.03. The number of hydrogen-bond acceptors (Lipinski definition) is 4. The molecule has 174 valence electrons. The predicted octanol–water partition coefficient (Wildman–Crippen LogP) is 0.685. The van der Waals surface area contributed by atoms with Crippen LogP contribution in [0, 0.1) is 5.82 Å². The van der Waals surface area contributed by atoms with E-state index >= 15 is 0 Å². The second kappa shape index (κ2) is 9.97. The van der Waals surface area contributed by atoms with E-state index in [1.807, 2.05) is 41.1 Å². The Morgan fingerprint density at radius 1 is 1.00 bits per heavy atom. The fourth-order valence-corrected chi connectivity index (χ4v) is 5.58. The molecule has 1 aromatic heterocycles. The van der Waals surface area contributed by atoms with Crippen LogP contribution >= 0.6 is 0 Å². The first kappa shape index (κ1) is 22.0. The quantitative estimate of drug-likeness (QED) is 0.554. The highest BCUT2D eigenvalue weighted by atomic mass is 19.1. The number of piperazine rings is 1. The van der Waals surface area contributed by atoms with Crippen LogP contribution in [0.5, 0.6) is 5.75 Å². The molecule has 33 heavy (non-hydrogen) atoms. The summed E-state index contributed by atoms with van der Waals surface area (Å²) in [5.41, 5.74) is 2.16. The first-order valence-electron chi connectivity index (χ1n) is 12.0.